The molecule has 4 atom stereocenters. The van der Waals surface area contributed by atoms with Crippen molar-refractivity contribution in [3.05, 3.63) is 0 Å². The molecule has 1 saturated carbocycles. The molecule has 0 bridgehead atoms. The zero-order chi connectivity index (χ0) is 14.2. The minimum atomic E-state index is -0.343. The predicted octanol–water partition coefficient (Wildman–Crippen LogP) is 1.37. The standard InChI is InChI=1S/C15H28N2O2/c1-10-13(16)7-6-12(15(10,2)3)14(19)17-8-4-5-11(18)9-17/h10-13,18H,4-9,16H2,1-3H3. The van der Waals surface area contributed by atoms with Crippen molar-refractivity contribution in [3.8, 4) is 0 Å². The van der Waals surface area contributed by atoms with E-state index >= 15 is 0 Å². The Bertz CT molecular complexity index is 343. The molecule has 1 saturated heterocycles. The summed E-state index contributed by atoms with van der Waals surface area (Å²) in [5, 5.41) is 9.74. The van der Waals surface area contributed by atoms with Crippen LogP contribution in [0.25, 0.3) is 0 Å². The third-order valence-electron chi connectivity index (χ3n) is 5.51. The zero-order valence-corrected chi connectivity index (χ0v) is 12.4. The molecule has 0 aromatic rings. The lowest BCUT2D eigenvalue weighted by Crippen LogP contribution is -2.54. The van der Waals surface area contributed by atoms with Crippen molar-refractivity contribution < 1.29 is 9.90 Å². The number of piperidine rings is 1. The molecule has 19 heavy (non-hydrogen) atoms. The number of β-amino-alcohol motifs (C(OH)–C–C–N with tert-alkyl or cyclic N) is 1. The van der Waals surface area contributed by atoms with E-state index < -0.39 is 0 Å². The Kier molecular flexibility index (Phi) is 4.21. The smallest absolute Gasteiger partial charge is 0.226 e. The monoisotopic (exact) mass is 268 g/mol. The van der Waals surface area contributed by atoms with Gasteiger partial charge in [-0.25, -0.2) is 0 Å². The zero-order valence-electron chi connectivity index (χ0n) is 12.4. The van der Waals surface area contributed by atoms with Crippen LogP contribution >= 0.6 is 0 Å². The van der Waals surface area contributed by atoms with Crippen molar-refractivity contribution >= 4 is 5.91 Å². The summed E-state index contributed by atoms with van der Waals surface area (Å²) in [5.41, 5.74) is 6.09. The Morgan fingerprint density at radius 1 is 1.32 bits per heavy atom. The molecule has 1 amide bonds. The summed E-state index contributed by atoms with van der Waals surface area (Å²) in [6, 6.07) is 0.200. The minimum Gasteiger partial charge on any atom is -0.391 e. The predicted molar refractivity (Wildman–Crippen MR) is 75.5 cm³/mol. The van der Waals surface area contributed by atoms with Gasteiger partial charge in [-0.15, -0.1) is 0 Å². The van der Waals surface area contributed by atoms with Gasteiger partial charge in [0.1, 0.15) is 0 Å². The van der Waals surface area contributed by atoms with E-state index in [9.17, 15) is 9.90 Å². The van der Waals surface area contributed by atoms with Gasteiger partial charge in [0.2, 0.25) is 5.91 Å². The normalized spacial score (nSPS) is 39.1. The molecule has 0 spiro atoms. The van der Waals surface area contributed by atoms with Crippen molar-refractivity contribution in [2.24, 2.45) is 23.0 Å². The third-order valence-corrected chi connectivity index (χ3v) is 5.51. The van der Waals surface area contributed by atoms with E-state index in [4.69, 9.17) is 5.73 Å². The Morgan fingerprint density at radius 2 is 2.00 bits per heavy atom. The molecule has 110 valence electrons. The second-order valence-corrected chi connectivity index (χ2v) is 6.98. The fraction of sp³-hybridized carbons (Fsp3) is 0.933. The number of hydrogen-bond donors (Lipinski definition) is 2. The Labute approximate surface area is 116 Å². The summed E-state index contributed by atoms with van der Waals surface area (Å²) >= 11 is 0. The van der Waals surface area contributed by atoms with Gasteiger partial charge in [-0.1, -0.05) is 20.8 Å². The van der Waals surface area contributed by atoms with Gasteiger partial charge >= 0.3 is 0 Å². The number of carbonyl (C=O) groups excluding carboxylic acids is 1. The van der Waals surface area contributed by atoms with Gasteiger partial charge in [-0.3, -0.25) is 4.79 Å². The minimum absolute atomic E-state index is 0.0487. The molecule has 4 unspecified atom stereocenters. The summed E-state index contributed by atoms with van der Waals surface area (Å²) in [6.45, 7) is 7.79. The van der Waals surface area contributed by atoms with Gasteiger partial charge in [0, 0.05) is 25.0 Å². The van der Waals surface area contributed by atoms with Crippen LogP contribution < -0.4 is 5.73 Å². The van der Waals surface area contributed by atoms with Crippen LogP contribution in [0.1, 0.15) is 46.5 Å². The van der Waals surface area contributed by atoms with Crippen LogP contribution in [0.15, 0.2) is 0 Å². The van der Waals surface area contributed by atoms with Crippen LogP contribution in [-0.4, -0.2) is 41.1 Å². The highest BCUT2D eigenvalue weighted by Gasteiger charge is 2.46. The molecular weight excluding hydrogens is 240 g/mol. The third kappa shape index (κ3) is 2.79. The maximum atomic E-state index is 12.7. The van der Waals surface area contributed by atoms with Crippen LogP contribution in [0.2, 0.25) is 0 Å². The van der Waals surface area contributed by atoms with Crippen LogP contribution in [0.3, 0.4) is 0 Å². The Morgan fingerprint density at radius 3 is 2.63 bits per heavy atom. The average molecular weight is 268 g/mol. The summed E-state index contributed by atoms with van der Waals surface area (Å²) in [6.07, 6.45) is 3.19. The number of likely N-dealkylation sites (tertiary alicyclic amines) is 1. The quantitative estimate of drug-likeness (QED) is 0.755. The number of aliphatic hydroxyl groups excluding tert-OH is 1. The van der Waals surface area contributed by atoms with Gasteiger partial charge in [-0.2, -0.15) is 0 Å². The second-order valence-electron chi connectivity index (χ2n) is 6.98. The number of aliphatic hydroxyl groups is 1. The lowest BCUT2D eigenvalue weighted by molar-refractivity contribution is -0.146. The molecule has 4 nitrogen and oxygen atoms in total. The fourth-order valence-electron chi connectivity index (χ4n) is 3.67. The molecule has 2 aliphatic rings. The van der Waals surface area contributed by atoms with E-state index in [0.717, 1.165) is 32.2 Å². The van der Waals surface area contributed by atoms with Gasteiger partial charge < -0.3 is 15.7 Å². The molecule has 1 aliphatic heterocycles. The molecule has 3 N–H and O–H groups in total. The largest absolute Gasteiger partial charge is 0.391 e. The second kappa shape index (κ2) is 5.41. The number of rotatable bonds is 1. The van der Waals surface area contributed by atoms with Crippen molar-refractivity contribution in [2.75, 3.05) is 13.1 Å². The van der Waals surface area contributed by atoms with E-state index in [1.165, 1.54) is 0 Å². The molecule has 0 radical (unpaired) electrons. The molecule has 0 aromatic carbocycles. The lowest BCUT2D eigenvalue weighted by Gasteiger charge is -2.48. The van der Waals surface area contributed by atoms with E-state index in [2.05, 4.69) is 20.8 Å². The van der Waals surface area contributed by atoms with E-state index in [1.807, 2.05) is 4.90 Å². The van der Waals surface area contributed by atoms with E-state index in [1.54, 1.807) is 0 Å². The van der Waals surface area contributed by atoms with Crippen molar-refractivity contribution in [1.29, 1.82) is 0 Å². The van der Waals surface area contributed by atoms with Crippen molar-refractivity contribution in [1.82, 2.24) is 4.90 Å². The topological polar surface area (TPSA) is 66.6 Å². The first-order valence-corrected chi connectivity index (χ1v) is 7.56. The van der Waals surface area contributed by atoms with Gasteiger partial charge in [0.25, 0.3) is 0 Å². The van der Waals surface area contributed by atoms with Crippen molar-refractivity contribution in [2.45, 2.75) is 58.6 Å². The average Bonchev–Trinajstić information content (AvgIpc) is 2.35. The number of nitrogens with zero attached hydrogens (tertiary/aromatic N) is 1. The van der Waals surface area contributed by atoms with Gasteiger partial charge in [0.05, 0.1) is 6.10 Å². The number of amides is 1. The molecule has 1 heterocycles. The van der Waals surface area contributed by atoms with Crippen LogP contribution in [0, 0.1) is 17.3 Å². The number of hydrogen-bond acceptors (Lipinski definition) is 3. The number of carbonyl (C=O) groups is 1. The lowest BCUT2D eigenvalue weighted by atomic mass is 9.60. The van der Waals surface area contributed by atoms with E-state index in [-0.39, 0.29) is 29.4 Å². The summed E-state index contributed by atoms with van der Waals surface area (Å²) < 4.78 is 0. The highest BCUT2D eigenvalue weighted by Crippen LogP contribution is 2.45. The number of nitrogens with two attached hydrogens (primary N) is 1. The van der Waals surface area contributed by atoms with Gasteiger partial charge in [-0.05, 0) is 37.0 Å². The van der Waals surface area contributed by atoms with Crippen LogP contribution in [0.5, 0.6) is 0 Å². The summed E-state index contributed by atoms with van der Waals surface area (Å²) in [4.78, 5) is 14.6. The molecule has 0 aromatic heterocycles. The highest BCUT2D eigenvalue weighted by atomic mass is 16.3. The van der Waals surface area contributed by atoms with E-state index in [0.29, 0.717) is 12.5 Å². The summed E-state index contributed by atoms with van der Waals surface area (Å²) in [7, 11) is 0. The first-order chi connectivity index (χ1) is 8.84. The fourth-order valence-corrected chi connectivity index (χ4v) is 3.67. The Hall–Kier alpha value is -0.610. The van der Waals surface area contributed by atoms with Crippen molar-refractivity contribution in [3.63, 3.8) is 0 Å². The molecule has 1 aliphatic carbocycles. The highest BCUT2D eigenvalue weighted by molar-refractivity contribution is 5.80. The Balaban J connectivity index is 2.10. The molecular formula is C15H28N2O2. The molecule has 4 heteroatoms. The molecule has 2 rings (SSSR count). The summed E-state index contributed by atoms with van der Waals surface area (Å²) in [5.74, 6) is 0.625. The van der Waals surface area contributed by atoms with Gasteiger partial charge in [0.15, 0.2) is 0 Å². The van der Waals surface area contributed by atoms with Crippen LogP contribution in [-0.2, 0) is 4.79 Å². The maximum Gasteiger partial charge on any atom is 0.226 e. The maximum absolute atomic E-state index is 12.7. The van der Waals surface area contributed by atoms with Crippen LogP contribution in [0.4, 0.5) is 0 Å². The first-order valence-electron chi connectivity index (χ1n) is 7.56. The molecule has 2 fully saturated rings. The first kappa shape index (κ1) is 14.8. The SMILES string of the molecule is CC1C(N)CCC(C(=O)N2CCCC(O)C2)C1(C)C.